The molecule has 0 fully saturated rings. The molecule has 5 rings (SSSR count). The van der Waals surface area contributed by atoms with Gasteiger partial charge in [0.05, 0.1) is 21.5 Å². The van der Waals surface area contributed by atoms with Crippen LogP contribution in [0.25, 0.3) is 6.08 Å². The van der Waals surface area contributed by atoms with E-state index in [9.17, 15) is 9.59 Å². The number of carbonyl (C=O) groups excluding carboxylic acids is 1. The van der Waals surface area contributed by atoms with Crippen LogP contribution in [0.3, 0.4) is 0 Å². The van der Waals surface area contributed by atoms with Crippen molar-refractivity contribution in [2.75, 3.05) is 5.32 Å². The Morgan fingerprint density at radius 1 is 1.14 bits per heavy atom. The second-order valence-corrected chi connectivity index (χ2v) is 10.8. The van der Waals surface area contributed by atoms with E-state index in [0.29, 0.717) is 20.6 Å². The summed E-state index contributed by atoms with van der Waals surface area (Å²) in [5, 5.41) is 9.59. The summed E-state index contributed by atoms with van der Waals surface area (Å²) in [5.41, 5.74) is 5.48. The molecule has 0 radical (unpaired) electrons. The van der Waals surface area contributed by atoms with Gasteiger partial charge in [-0.1, -0.05) is 35.6 Å². The Hall–Kier alpha value is -3.56. The first-order valence-corrected chi connectivity index (χ1v) is 13.5. The maximum Gasteiger partial charge on any atom is 0.271 e. The molecule has 0 aliphatic carbocycles. The summed E-state index contributed by atoms with van der Waals surface area (Å²) >= 11 is 2.87. The summed E-state index contributed by atoms with van der Waals surface area (Å²) in [5.74, 6) is -0.255. The van der Waals surface area contributed by atoms with Crippen LogP contribution in [0.2, 0.25) is 0 Å². The van der Waals surface area contributed by atoms with Crippen molar-refractivity contribution in [1.82, 2.24) is 14.3 Å². The lowest BCUT2D eigenvalue weighted by Crippen LogP contribution is -2.40. The van der Waals surface area contributed by atoms with E-state index in [-0.39, 0.29) is 11.5 Å². The van der Waals surface area contributed by atoms with Crippen molar-refractivity contribution < 1.29 is 4.79 Å². The highest BCUT2D eigenvalue weighted by Gasteiger charge is 2.33. The summed E-state index contributed by atoms with van der Waals surface area (Å²) in [7, 11) is 0. The fourth-order valence-corrected chi connectivity index (χ4v) is 6.44. The molecule has 1 amide bonds. The second-order valence-electron chi connectivity index (χ2n) is 8.77. The Balaban J connectivity index is 1.66. The van der Waals surface area contributed by atoms with Crippen molar-refractivity contribution in [2.24, 2.45) is 4.99 Å². The van der Waals surface area contributed by atoms with Gasteiger partial charge in [-0.3, -0.25) is 18.8 Å². The number of hydrogen-bond donors (Lipinski definition) is 1. The van der Waals surface area contributed by atoms with Crippen LogP contribution in [0.4, 0.5) is 5.69 Å². The monoisotopic (exact) mass is 517 g/mol. The Kier molecular flexibility index (Phi) is 6.36. The molecule has 36 heavy (non-hydrogen) atoms. The molecule has 0 spiro atoms. The Labute approximate surface area is 216 Å². The minimum absolute atomic E-state index is 0.158. The lowest BCUT2D eigenvalue weighted by molar-refractivity contribution is -0.113. The predicted octanol–water partition coefficient (Wildman–Crippen LogP) is 4.08. The first-order valence-electron chi connectivity index (χ1n) is 11.8. The van der Waals surface area contributed by atoms with Crippen LogP contribution >= 0.6 is 22.7 Å². The maximum absolute atomic E-state index is 13.8. The molecule has 9 heteroatoms. The number of aryl methyl sites for hydroxylation is 3. The highest BCUT2D eigenvalue weighted by atomic mass is 32.1. The first kappa shape index (κ1) is 24.1. The highest BCUT2D eigenvalue weighted by Crippen LogP contribution is 2.33. The maximum atomic E-state index is 13.8. The minimum Gasteiger partial charge on any atom is -0.322 e. The Morgan fingerprint density at radius 3 is 2.58 bits per heavy atom. The molecule has 4 heterocycles. The van der Waals surface area contributed by atoms with Crippen LogP contribution in [0, 0.1) is 20.8 Å². The van der Waals surface area contributed by atoms with E-state index in [1.54, 1.807) is 4.57 Å². The smallest absolute Gasteiger partial charge is 0.271 e. The quantitative estimate of drug-likeness (QED) is 0.433. The zero-order chi connectivity index (χ0) is 25.6. The number of nitrogens with zero attached hydrogens (tertiary/aromatic N) is 4. The van der Waals surface area contributed by atoms with E-state index < -0.39 is 6.04 Å². The average molecular weight is 518 g/mol. The van der Waals surface area contributed by atoms with Crippen molar-refractivity contribution >= 4 is 40.3 Å². The topological polar surface area (TPSA) is 81.3 Å². The van der Waals surface area contributed by atoms with E-state index >= 15 is 0 Å². The molecule has 1 unspecified atom stereocenters. The minimum atomic E-state index is -0.548. The number of fused-ring (bicyclic) bond motifs is 1. The molecule has 4 aromatic rings. The van der Waals surface area contributed by atoms with Gasteiger partial charge >= 0.3 is 0 Å². The molecule has 3 aromatic heterocycles. The summed E-state index contributed by atoms with van der Waals surface area (Å²) < 4.78 is 4.17. The molecular weight excluding hydrogens is 490 g/mol. The summed E-state index contributed by atoms with van der Waals surface area (Å²) in [4.78, 5) is 33.7. The van der Waals surface area contributed by atoms with Gasteiger partial charge in [0.25, 0.3) is 11.5 Å². The zero-order valence-electron chi connectivity index (χ0n) is 20.8. The predicted molar refractivity (Wildman–Crippen MR) is 145 cm³/mol. The third-order valence-electron chi connectivity index (χ3n) is 6.48. The third kappa shape index (κ3) is 4.08. The third-order valence-corrected chi connectivity index (χ3v) is 8.39. The van der Waals surface area contributed by atoms with Gasteiger partial charge in [-0.2, -0.15) is 5.10 Å². The number of rotatable bonds is 5. The van der Waals surface area contributed by atoms with Gasteiger partial charge in [-0.25, -0.2) is 4.99 Å². The highest BCUT2D eigenvalue weighted by molar-refractivity contribution is 7.10. The van der Waals surface area contributed by atoms with Gasteiger partial charge in [0.2, 0.25) is 0 Å². The van der Waals surface area contributed by atoms with Crippen molar-refractivity contribution in [3.05, 3.63) is 100 Å². The molecule has 0 bridgehead atoms. The molecule has 1 N–H and O–H groups in total. The number of amides is 1. The van der Waals surface area contributed by atoms with Gasteiger partial charge in [-0.05, 0) is 63.8 Å². The molecule has 1 aliphatic rings. The summed E-state index contributed by atoms with van der Waals surface area (Å²) in [6.07, 6.45) is 1.91. The van der Waals surface area contributed by atoms with Gasteiger partial charge in [0, 0.05) is 28.4 Å². The second kappa shape index (κ2) is 9.48. The molecule has 184 valence electrons. The van der Waals surface area contributed by atoms with Gasteiger partial charge < -0.3 is 5.32 Å². The number of thiophene rings is 1. The number of nitrogens with one attached hydrogen (secondary N) is 1. The normalized spacial score (nSPS) is 15.7. The largest absolute Gasteiger partial charge is 0.322 e. The van der Waals surface area contributed by atoms with E-state index in [4.69, 9.17) is 4.99 Å². The molecule has 1 aromatic carbocycles. The first-order chi connectivity index (χ1) is 17.3. The van der Waals surface area contributed by atoms with E-state index in [0.717, 1.165) is 39.6 Å². The van der Waals surface area contributed by atoms with Crippen molar-refractivity contribution in [3.63, 3.8) is 0 Å². The fourth-order valence-electron chi connectivity index (χ4n) is 4.59. The average Bonchev–Trinajstić information content (AvgIpc) is 3.55. The number of para-hydroxylation sites is 1. The molecule has 0 saturated heterocycles. The van der Waals surface area contributed by atoms with Crippen LogP contribution < -0.4 is 20.2 Å². The number of thiazole rings is 1. The van der Waals surface area contributed by atoms with Crippen LogP contribution in [0.1, 0.15) is 47.3 Å². The fraction of sp³-hybridized carbons (Fsp3) is 0.259. The Bertz CT molecular complexity index is 1690. The zero-order valence-corrected chi connectivity index (χ0v) is 22.5. The van der Waals surface area contributed by atoms with Crippen LogP contribution in [0.5, 0.6) is 0 Å². The van der Waals surface area contributed by atoms with E-state index in [2.05, 4.69) is 10.4 Å². The van der Waals surface area contributed by atoms with Gasteiger partial charge in [0.1, 0.15) is 6.04 Å². The SMILES string of the molecule is CCn1nc(C)c(/C=c2\sc3n(c2=O)C(c2cccs2)C(C(=O)Nc2ccccc2C)=C(C)N=3)c1C. The molecular formula is C27H27N5O2S2. The summed E-state index contributed by atoms with van der Waals surface area (Å²) in [6.45, 7) is 10.6. The standard InChI is InChI=1S/C27H27N5O2S2/c1-6-31-18(5)19(16(3)30-31)14-22-26(34)32-24(21-12-9-13-35-21)23(17(4)28-27(32)36-22)25(33)29-20-11-8-7-10-15(20)2/h7-14,24H,6H2,1-5H3,(H,29,33)/b22-14-. The van der Waals surface area contributed by atoms with E-state index in [1.807, 2.05) is 87.2 Å². The van der Waals surface area contributed by atoms with Gasteiger partial charge in [-0.15, -0.1) is 11.3 Å². The van der Waals surface area contributed by atoms with Crippen molar-refractivity contribution in [2.45, 2.75) is 47.2 Å². The summed E-state index contributed by atoms with van der Waals surface area (Å²) in [6, 6.07) is 11.0. The van der Waals surface area contributed by atoms with Gasteiger partial charge in [0.15, 0.2) is 4.80 Å². The number of benzene rings is 1. The van der Waals surface area contributed by atoms with Crippen molar-refractivity contribution in [3.8, 4) is 0 Å². The number of aromatic nitrogens is 3. The number of anilines is 1. The lowest BCUT2D eigenvalue weighted by atomic mass is 10.0. The number of hydrogen-bond acceptors (Lipinski definition) is 6. The lowest BCUT2D eigenvalue weighted by Gasteiger charge is -2.24. The molecule has 7 nitrogen and oxygen atoms in total. The van der Waals surface area contributed by atoms with Crippen molar-refractivity contribution in [1.29, 1.82) is 0 Å². The Morgan fingerprint density at radius 2 is 1.92 bits per heavy atom. The molecule has 1 aliphatic heterocycles. The number of allylic oxidation sites excluding steroid dienone is 1. The van der Waals surface area contributed by atoms with Crippen LogP contribution in [-0.2, 0) is 11.3 Å². The van der Waals surface area contributed by atoms with Crippen LogP contribution in [-0.4, -0.2) is 20.3 Å². The molecule has 0 saturated carbocycles. The number of carbonyl (C=O) groups is 1. The molecule has 1 atom stereocenters. The van der Waals surface area contributed by atoms with E-state index in [1.165, 1.54) is 22.7 Å². The van der Waals surface area contributed by atoms with Crippen LogP contribution in [0.15, 0.2) is 62.8 Å².